The number of carboxylic acid groups (broad SMARTS) is 1. The maximum Gasteiger partial charge on any atom is 0.345 e. The summed E-state index contributed by atoms with van der Waals surface area (Å²) in [6, 6.07) is 4.64. The Morgan fingerprint density at radius 2 is 2.14 bits per heavy atom. The fourth-order valence-electron chi connectivity index (χ4n) is 1.22. The monoisotopic (exact) mass is 209 g/mol. The molecule has 14 heavy (non-hydrogen) atoms. The first-order chi connectivity index (χ1) is 6.59. The molecule has 0 spiro atoms. The van der Waals surface area contributed by atoms with Crippen LogP contribution >= 0.6 is 11.3 Å². The van der Waals surface area contributed by atoms with E-state index in [1.54, 1.807) is 6.07 Å². The number of carbonyl (C=O) groups is 1. The predicted molar refractivity (Wildman–Crippen MR) is 54.9 cm³/mol. The molecule has 0 fully saturated rings. The van der Waals surface area contributed by atoms with Gasteiger partial charge in [-0.25, -0.2) is 4.79 Å². The van der Waals surface area contributed by atoms with Gasteiger partial charge in [0.15, 0.2) is 0 Å². The summed E-state index contributed by atoms with van der Waals surface area (Å²) in [4.78, 5) is 10.9. The summed E-state index contributed by atoms with van der Waals surface area (Å²) in [6.45, 7) is 0. The number of fused-ring (bicyclic) bond motifs is 1. The van der Waals surface area contributed by atoms with Crippen molar-refractivity contribution in [2.45, 2.75) is 0 Å². The van der Waals surface area contributed by atoms with Crippen molar-refractivity contribution in [1.29, 1.82) is 0 Å². The maximum atomic E-state index is 10.7. The van der Waals surface area contributed by atoms with E-state index in [0.717, 1.165) is 16.7 Å². The lowest BCUT2D eigenvalue weighted by molar-refractivity contribution is 0.0702. The van der Waals surface area contributed by atoms with Crippen LogP contribution in [0.15, 0.2) is 18.2 Å². The van der Waals surface area contributed by atoms with Gasteiger partial charge in [-0.15, -0.1) is 11.3 Å². The third kappa shape index (κ3) is 1.18. The van der Waals surface area contributed by atoms with E-state index in [4.69, 9.17) is 10.8 Å². The van der Waals surface area contributed by atoms with Crippen molar-refractivity contribution in [3.05, 3.63) is 23.1 Å². The molecule has 1 aromatic heterocycles. The number of thiophene rings is 1. The lowest BCUT2D eigenvalue weighted by Gasteiger charge is -1.97. The zero-order valence-corrected chi connectivity index (χ0v) is 7.84. The van der Waals surface area contributed by atoms with Crippen molar-refractivity contribution < 1.29 is 15.0 Å². The van der Waals surface area contributed by atoms with Crippen LogP contribution < -0.4 is 5.73 Å². The van der Waals surface area contributed by atoms with E-state index in [-0.39, 0.29) is 16.3 Å². The molecule has 72 valence electrons. The number of aromatic carboxylic acids is 1. The Morgan fingerprint density at radius 3 is 2.79 bits per heavy atom. The number of rotatable bonds is 1. The second kappa shape index (κ2) is 2.88. The molecule has 0 aliphatic rings. The molecule has 0 amide bonds. The summed E-state index contributed by atoms with van der Waals surface area (Å²) in [6.07, 6.45) is 0. The van der Waals surface area contributed by atoms with E-state index in [2.05, 4.69) is 0 Å². The number of carboxylic acids is 1. The minimum atomic E-state index is -0.981. The van der Waals surface area contributed by atoms with Gasteiger partial charge in [-0.1, -0.05) is 0 Å². The zero-order valence-electron chi connectivity index (χ0n) is 7.02. The number of benzene rings is 1. The van der Waals surface area contributed by atoms with E-state index in [1.165, 1.54) is 12.1 Å². The number of nitrogen functional groups attached to an aromatic ring is 1. The van der Waals surface area contributed by atoms with E-state index < -0.39 is 5.97 Å². The van der Waals surface area contributed by atoms with Gasteiger partial charge in [-0.05, 0) is 23.6 Å². The van der Waals surface area contributed by atoms with Crippen LogP contribution in [0.25, 0.3) is 10.1 Å². The predicted octanol–water partition coefficient (Wildman–Crippen LogP) is 1.89. The Hall–Kier alpha value is -1.75. The van der Waals surface area contributed by atoms with Crippen LogP contribution in [0.4, 0.5) is 5.69 Å². The molecule has 2 rings (SSSR count). The van der Waals surface area contributed by atoms with Crippen LogP contribution in [-0.2, 0) is 0 Å². The summed E-state index contributed by atoms with van der Waals surface area (Å²) in [5.74, 6) is -0.999. The highest BCUT2D eigenvalue weighted by Crippen LogP contribution is 2.35. The summed E-state index contributed by atoms with van der Waals surface area (Å²) in [5, 5.41) is 18.8. The average molecular weight is 209 g/mol. The molecule has 5 heteroatoms. The molecule has 0 aliphatic carbocycles. The first-order valence-corrected chi connectivity index (χ1v) is 4.65. The minimum Gasteiger partial charge on any atom is -0.506 e. The van der Waals surface area contributed by atoms with Gasteiger partial charge in [0.05, 0.1) is 10.4 Å². The van der Waals surface area contributed by atoms with Crippen LogP contribution in [-0.4, -0.2) is 16.2 Å². The number of phenolic OH excluding ortho intramolecular Hbond substituents is 1. The fourth-order valence-corrected chi connectivity index (χ4v) is 2.17. The largest absolute Gasteiger partial charge is 0.506 e. The molecule has 0 saturated heterocycles. The molecule has 2 aromatic rings. The molecular weight excluding hydrogens is 202 g/mol. The van der Waals surface area contributed by atoms with Crippen molar-refractivity contribution in [1.82, 2.24) is 0 Å². The highest BCUT2D eigenvalue weighted by Gasteiger charge is 2.11. The molecule has 0 bridgehead atoms. The molecule has 0 unspecified atom stereocenters. The van der Waals surface area contributed by atoms with E-state index in [1.807, 2.05) is 0 Å². The number of hydrogen-bond donors (Lipinski definition) is 3. The Morgan fingerprint density at radius 1 is 1.43 bits per heavy atom. The quantitative estimate of drug-likeness (QED) is 0.494. The molecule has 1 heterocycles. The van der Waals surface area contributed by atoms with Crippen molar-refractivity contribution in [3.63, 3.8) is 0 Å². The standard InChI is InChI=1S/C9H7NO3S/c10-7-5(11)2-1-4-3-6(9(12)13)14-8(4)7/h1-3,11H,10H2,(H,12,13). The Labute approximate surface area is 83.2 Å². The van der Waals surface area contributed by atoms with E-state index in [9.17, 15) is 9.90 Å². The van der Waals surface area contributed by atoms with Gasteiger partial charge < -0.3 is 15.9 Å². The van der Waals surface area contributed by atoms with Crippen molar-refractivity contribution >= 4 is 33.1 Å². The first kappa shape index (κ1) is 8.83. The highest BCUT2D eigenvalue weighted by molar-refractivity contribution is 7.21. The van der Waals surface area contributed by atoms with Gasteiger partial charge in [0.2, 0.25) is 0 Å². The summed E-state index contributed by atoms with van der Waals surface area (Å²) in [7, 11) is 0. The third-order valence-electron chi connectivity index (χ3n) is 1.91. The van der Waals surface area contributed by atoms with Crippen LogP contribution in [0.5, 0.6) is 5.75 Å². The van der Waals surface area contributed by atoms with Crippen molar-refractivity contribution in [2.75, 3.05) is 5.73 Å². The molecule has 4 nitrogen and oxygen atoms in total. The number of nitrogens with two attached hydrogens (primary N) is 1. The number of phenols is 1. The summed E-state index contributed by atoms with van der Waals surface area (Å²) >= 11 is 1.06. The van der Waals surface area contributed by atoms with Crippen molar-refractivity contribution in [3.8, 4) is 5.75 Å². The fraction of sp³-hybridized carbons (Fsp3) is 0. The summed E-state index contributed by atoms with van der Waals surface area (Å²) in [5.41, 5.74) is 5.84. The van der Waals surface area contributed by atoms with Crippen LogP contribution in [0.3, 0.4) is 0 Å². The summed E-state index contributed by atoms with van der Waals surface area (Å²) < 4.78 is 0.613. The Bertz CT molecular complexity index is 518. The number of aromatic hydroxyl groups is 1. The first-order valence-electron chi connectivity index (χ1n) is 3.84. The second-order valence-electron chi connectivity index (χ2n) is 2.83. The second-order valence-corrected chi connectivity index (χ2v) is 3.88. The maximum absolute atomic E-state index is 10.7. The van der Waals surface area contributed by atoms with E-state index in [0.29, 0.717) is 4.70 Å². The van der Waals surface area contributed by atoms with Gasteiger partial charge >= 0.3 is 5.97 Å². The van der Waals surface area contributed by atoms with Crippen molar-refractivity contribution in [2.24, 2.45) is 0 Å². The zero-order chi connectivity index (χ0) is 10.3. The average Bonchev–Trinajstić information content (AvgIpc) is 2.56. The van der Waals surface area contributed by atoms with Gasteiger partial charge in [-0.3, -0.25) is 0 Å². The lowest BCUT2D eigenvalue weighted by Crippen LogP contribution is -1.89. The van der Waals surface area contributed by atoms with Crippen LogP contribution in [0, 0.1) is 0 Å². The van der Waals surface area contributed by atoms with Gasteiger partial charge in [-0.2, -0.15) is 0 Å². The molecule has 1 aromatic carbocycles. The molecule has 0 atom stereocenters. The topological polar surface area (TPSA) is 83.5 Å². The SMILES string of the molecule is Nc1c(O)ccc2cc(C(=O)O)sc12. The van der Waals surface area contributed by atoms with Crippen LogP contribution in [0.2, 0.25) is 0 Å². The molecule has 0 radical (unpaired) electrons. The number of anilines is 1. The van der Waals surface area contributed by atoms with E-state index >= 15 is 0 Å². The normalized spacial score (nSPS) is 10.6. The smallest absolute Gasteiger partial charge is 0.345 e. The Balaban J connectivity index is 2.77. The molecular formula is C9H7NO3S. The molecule has 0 saturated carbocycles. The van der Waals surface area contributed by atoms with Gasteiger partial charge in [0.1, 0.15) is 10.6 Å². The highest BCUT2D eigenvalue weighted by atomic mass is 32.1. The molecule has 4 N–H and O–H groups in total. The lowest BCUT2D eigenvalue weighted by atomic mass is 10.2. The third-order valence-corrected chi connectivity index (χ3v) is 3.09. The minimum absolute atomic E-state index is 0.0173. The van der Waals surface area contributed by atoms with Gasteiger partial charge in [0.25, 0.3) is 0 Å². The Kier molecular flexibility index (Phi) is 1.82. The molecule has 0 aliphatic heterocycles. The number of hydrogen-bond acceptors (Lipinski definition) is 4. The van der Waals surface area contributed by atoms with Gasteiger partial charge in [0, 0.05) is 0 Å². The van der Waals surface area contributed by atoms with Crippen LogP contribution in [0.1, 0.15) is 9.67 Å².